The van der Waals surface area contributed by atoms with Crippen molar-refractivity contribution in [1.29, 1.82) is 0 Å². The van der Waals surface area contributed by atoms with Crippen LogP contribution < -0.4 is 15.4 Å². The number of rotatable bonds is 7. The Balaban J connectivity index is 1.92. The highest BCUT2D eigenvalue weighted by molar-refractivity contribution is 5.96. The molecule has 0 atom stereocenters. The molecule has 126 valence electrons. The summed E-state index contributed by atoms with van der Waals surface area (Å²) in [5.74, 6) is 0.0477. The van der Waals surface area contributed by atoms with Gasteiger partial charge in [-0.3, -0.25) is 9.59 Å². The van der Waals surface area contributed by atoms with Crippen molar-refractivity contribution in [2.24, 2.45) is 0 Å². The Hall–Kier alpha value is -2.89. The van der Waals surface area contributed by atoms with Gasteiger partial charge in [-0.1, -0.05) is 19.1 Å². The van der Waals surface area contributed by atoms with Gasteiger partial charge in [-0.2, -0.15) is 0 Å². The third-order valence-corrected chi connectivity index (χ3v) is 3.38. The molecular formula is C18H21N3O3. The van der Waals surface area contributed by atoms with Gasteiger partial charge < -0.3 is 15.4 Å². The summed E-state index contributed by atoms with van der Waals surface area (Å²) in [5.41, 5.74) is 2.07. The summed E-state index contributed by atoms with van der Waals surface area (Å²) in [6, 6.07) is 10.7. The van der Waals surface area contributed by atoms with Crippen LogP contribution >= 0.6 is 0 Å². The first-order chi connectivity index (χ1) is 11.6. The summed E-state index contributed by atoms with van der Waals surface area (Å²) in [4.78, 5) is 27.7. The molecule has 2 aromatic rings. The van der Waals surface area contributed by atoms with E-state index in [2.05, 4.69) is 15.6 Å². The third-order valence-electron chi connectivity index (χ3n) is 3.38. The van der Waals surface area contributed by atoms with Gasteiger partial charge in [0.1, 0.15) is 5.56 Å². The molecule has 2 N–H and O–H groups in total. The maximum Gasteiger partial charge on any atom is 0.257 e. The molecule has 6 nitrogen and oxygen atoms in total. The summed E-state index contributed by atoms with van der Waals surface area (Å²) < 4.78 is 5.08. The van der Waals surface area contributed by atoms with Gasteiger partial charge in [0.15, 0.2) is 0 Å². The number of anilines is 1. The average Bonchev–Trinajstić information content (AvgIpc) is 2.61. The van der Waals surface area contributed by atoms with Crippen LogP contribution in [0.2, 0.25) is 0 Å². The zero-order valence-corrected chi connectivity index (χ0v) is 13.8. The Bertz CT molecular complexity index is 699. The van der Waals surface area contributed by atoms with Gasteiger partial charge in [-0.25, -0.2) is 4.98 Å². The second-order valence-corrected chi connectivity index (χ2v) is 5.24. The SMILES string of the molecule is CCCC(=O)Nc1ccc(CNC(=O)c2cccnc2OC)cc1. The van der Waals surface area contributed by atoms with Crippen molar-refractivity contribution in [1.82, 2.24) is 10.3 Å². The second kappa shape index (κ2) is 8.67. The predicted octanol–water partition coefficient (Wildman–Crippen LogP) is 2.76. The van der Waals surface area contributed by atoms with Gasteiger partial charge >= 0.3 is 0 Å². The quantitative estimate of drug-likeness (QED) is 0.819. The number of methoxy groups -OCH3 is 1. The van der Waals surface area contributed by atoms with Gasteiger partial charge in [0.05, 0.1) is 7.11 Å². The number of nitrogens with one attached hydrogen (secondary N) is 2. The topological polar surface area (TPSA) is 80.3 Å². The largest absolute Gasteiger partial charge is 0.480 e. The van der Waals surface area contributed by atoms with Gasteiger partial charge in [0, 0.05) is 24.8 Å². The molecule has 6 heteroatoms. The number of ether oxygens (including phenoxy) is 1. The molecule has 0 fully saturated rings. The van der Waals surface area contributed by atoms with Crippen molar-refractivity contribution in [3.8, 4) is 5.88 Å². The normalized spacial score (nSPS) is 10.1. The molecule has 1 aromatic carbocycles. The van der Waals surface area contributed by atoms with Crippen LogP contribution in [0.4, 0.5) is 5.69 Å². The Labute approximate surface area is 141 Å². The van der Waals surface area contributed by atoms with Crippen molar-refractivity contribution >= 4 is 17.5 Å². The van der Waals surface area contributed by atoms with Crippen LogP contribution in [0.1, 0.15) is 35.7 Å². The molecule has 1 aromatic heterocycles. The molecule has 0 aliphatic carbocycles. The molecule has 0 saturated carbocycles. The van der Waals surface area contributed by atoms with Gasteiger partial charge in [-0.15, -0.1) is 0 Å². The van der Waals surface area contributed by atoms with Crippen LogP contribution in [0.3, 0.4) is 0 Å². The van der Waals surface area contributed by atoms with Crippen LogP contribution in [-0.4, -0.2) is 23.9 Å². The van der Waals surface area contributed by atoms with Crippen molar-refractivity contribution in [2.75, 3.05) is 12.4 Å². The molecule has 0 bridgehead atoms. The number of hydrogen-bond acceptors (Lipinski definition) is 4. The lowest BCUT2D eigenvalue weighted by Gasteiger charge is -2.09. The van der Waals surface area contributed by atoms with E-state index in [1.54, 1.807) is 18.3 Å². The molecule has 0 radical (unpaired) electrons. The second-order valence-electron chi connectivity index (χ2n) is 5.24. The molecule has 24 heavy (non-hydrogen) atoms. The van der Waals surface area contributed by atoms with Crippen LogP contribution in [0.25, 0.3) is 0 Å². The number of hydrogen-bond donors (Lipinski definition) is 2. The Morgan fingerprint density at radius 1 is 1.17 bits per heavy atom. The monoisotopic (exact) mass is 327 g/mol. The van der Waals surface area contributed by atoms with Crippen molar-refractivity contribution in [3.05, 3.63) is 53.7 Å². The van der Waals surface area contributed by atoms with E-state index < -0.39 is 0 Å². The number of pyridine rings is 1. The van der Waals surface area contributed by atoms with Crippen molar-refractivity contribution < 1.29 is 14.3 Å². The molecular weight excluding hydrogens is 306 g/mol. The lowest BCUT2D eigenvalue weighted by atomic mass is 10.2. The van der Waals surface area contributed by atoms with E-state index in [-0.39, 0.29) is 11.8 Å². The smallest absolute Gasteiger partial charge is 0.257 e. The van der Waals surface area contributed by atoms with Crippen LogP contribution in [0.15, 0.2) is 42.6 Å². The standard InChI is InChI=1S/C18H21N3O3/c1-3-5-16(22)21-14-9-7-13(8-10-14)12-20-17(23)15-6-4-11-19-18(15)24-2/h4,6-11H,3,5,12H2,1-2H3,(H,20,23)(H,21,22). The molecule has 0 aliphatic heterocycles. The van der Waals surface area contributed by atoms with E-state index in [1.165, 1.54) is 7.11 Å². The van der Waals surface area contributed by atoms with E-state index in [1.807, 2.05) is 31.2 Å². The van der Waals surface area contributed by atoms with E-state index in [0.717, 1.165) is 17.7 Å². The predicted molar refractivity (Wildman–Crippen MR) is 91.9 cm³/mol. The fourth-order valence-corrected chi connectivity index (χ4v) is 2.16. The van der Waals surface area contributed by atoms with Crippen LogP contribution in [0.5, 0.6) is 5.88 Å². The first-order valence-corrected chi connectivity index (χ1v) is 7.80. The molecule has 0 unspecified atom stereocenters. The van der Waals surface area contributed by atoms with Crippen molar-refractivity contribution in [2.45, 2.75) is 26.3 Å². The fourth-order valence-electron chi connectivity index (χ4n) is 2.16. The van der Waals surface area contributed by atoms with Crippen molar-refractivity contribution in [3.63, 3.8) is 0 Å². The number of aromatic nitrogens is 1. The number of carbonyl (C=O) groups is 2. The first kappa shape index (κ1) is 17.5. The van der Waals surface area contributed by atoms with E-state index >= 15 is 0 Å². The van der Waals surface area contributed by atoms with E-state index in [9.17, 15) is 9.59 Å². The lowest BCUT2D eigenvalue weighted by molar-refractivity contribution is -0.116. The number of benzene rings is 1. The number of amides is 2. The maximum atomic E-state index is 12.2. The van der Waals surface area contributed by atoms with Gasteiger partial charge in [0.25, 0.3) is 5.91 Å². The summed E-state index contributed by atoms with van der Waals surface area (Å²) in [6.45, 7) is 2.34. The fraction of sp³-hybridized carbons (Fsp3) is 0.278. The molecule has 0 saturated heterocycles. The summed E-state index contributed by atoms with van der Waals surface area (Å²) in [5, 5.41) is 5.65. The summed E-state index contributed by atoms with van der Waals surface area (Å²) >= 11 is 0. The number of nitrogens with zero attached hydrogens (tertiary/aromatic N) is 1. The molecule has 0 spiro atoms. The van der Waals surface area contributed by atoms with E-state index in [4.69, 9.17) is 4.74 Å². The minimum atomic E-state index is -0.250. The summed E-state index contributed by atoms with van der Waals surface area (Å²) in [6.07, 6.45) is 2.89. The average molecular weight is 327 g/mol. The van der Waals surface area contributed by atoms with Gasteiger partial charge in [0.2, 0.25) is 11.8 Å². The molecule has 2 amide bonds. The Kier molecular flexibility index (Phi) is 6.31. The Morgan fingerprint density at radius 3 is 2.58 bits per heavy atom. The zero-order valence-electron chi connectivity index (χ0n) is 13.8. The molecule has 2 rings (SSSR count). The summed E-state index contributed by atoms with van der Waals surface area (Å²) in [7, 11) is 1.48. The van der Waals surface area contributed by atoms with Crippen LogP contribution in [-0.2, 0) is 11.3 Å². The van der Waals surface area contributed by atoms with E-state index in [0.29, 0.717) is 24.4 Å². The zero-order chi connectivity index (χ0) is 17.4. The molecule has 0 aliphatic rings. The number of carbonyl (C=O) groups excluding carboxylic acids is 2. The minimum Gasteiger partial charge on any atom is -0.480 e. The van der Waals surface area contributed by atoms with Crippen LogP contribution in [0, 0.1) is 0 Å². The minimum absolute atomic E-state index is 0.00206. The maximum absolute atomic E-state index is 12.2. The van der Waals surface area contributed by atoms with Gasteiger partial charge in [-0.05, 0) is 36.2 Å². The third kappa shape index (κ3) is 4.81. The molecule has 1 heterocycles. The Morgan fingerprint density at radius 2 is 1.92 bits per heavy atom. The highest BCUT2D eigenvalue weighted by Crippen LogP contribution is 2.14. The first-order valence-electron chi connectivity index (χ1n) is 7.80. The highest BCUT2D eigenvalue weighted by atomic mass is 16.5. The lowest BCUT2D eigenvalue weighted by Crippen LogP contribution is -2.23. The highest BCUT2D eigenvalue weighted by Gasteiger charge is 2.12.